The molecule has 3 N–H and O–H groups in total. The van der Waals surface area contributed by atoms with Crippen LogP contribution in [0.15, 0.2) is 16.6 Å². The molecular weight excluding hydrogens is 327 g/mol. The first-order valence-electron chi connectivity index (χ1n) is 6.68. The van der Waals surface area contributed by atoms with E-state index in [1.54, 1.807) is 0 Å². The van der Waals surface area contributed by atoms with E-state index in [2.05, 4.69) is 21.2 Å². The number of carbonyl (C=O) groups is 1. The van der Waals surface area contributed by atoms with E-state index in [0.29, 0.717) is 23.2 Å². The molecule has 6 heteroatoms. The summed E-state index contributed by atoms with van der Waals surface area (Å²) in [6.45, 7) is 1.99. The fraction of sp³-hybridized carbons (Fsp3) is 0.500. The average molecular weight is 345 g/mol. The van der Waals surface area contributed by atoms with Crippen LogP contribution in [0.4, 0.5) is 10.1 Å². The van der Waals surface area contributed by atoms with Gasteiger partial charge in [0.05, 0.1) is 11.3 Å². The van der Waals surface area contributed by atoms with E-state index in [1.165, 1.54) is 25.0 Å². The van der Waals surface area contributed by atoms with E-state index in [-0.39, 0.29) is 11.6 Å². The molecule has 2 rings (SSSR count). The van der Waals surface area contributed by atoms with E-state index in [4.69, 9.17) is 10.5 Å². The summed E-state index contributed by atoms with van der Waals surface area (Å²) in [5.41, 5.74) is 5.76. The number of nitrogen functional groups attached to an aromatic ring is 1. The predicted molar refractivity (Wildman–Crippen MR) is 79.0 cm³/mol. The number of carbonyl (C=O) groups excluding carboxylic acids is 1. The maximum absolute atomic E-state index is 13.2. The van der Waals surface area contributed by atoms with Crippen LogP contribution in [-0.4, -0.2) is 25.7 Å². The van der Waals surface area contributed by atoms with E-state index < -0.39 is 5.82 Å². The minimum Gasteiger partial charge on any atom is -0.396 e. The Labute approximate surface area is 126 Å². The number of halogens is 2. The highest BCUT2D eigenvalue weighted by Gasteiger charge is 2.20. The highest BCUT2D eigenvalue weighted by atomic mass is 79.9. The molecule has 1 aliphatic rings. The van der Waals surface area contributed by atoms with Crippen molar-refractivity contribution in [2.75, 3.05) is 25.5 Å². The van der Waals surface area contributed by atoms with Crippen LogP contribution in [0.3, 0.4) is 0 Å². The monoisotopic (exact) mass is 344 g/mol. The van der Waals surface area contributed by atoms with Crippen LogP contribution in [-0.2, 0) is 4.74 Å². The van der Waals surface area contributed by atoms with Gasteiger partial charge in [-0.1, -0.05) is 0 Å². The van der Waals surface area contributed by atoms with E-state index >= 15 is 0 Å². The molecule has 0 unspecified atom stereocenters. The first-order chi connectivity index (χ1) is 9.58. The molecule has 0 heterocycles. The third kappa shape index (κ3) is 4.45. The summed E-state index contributed by atoms with van der Waals surface area (Å²) in [5.74, 6) is -0.0598. The first kappa shape index (κ1) is 15.3. The summed E-state index contributed by atoms with van der Waals surface area (Å²) in [6.07, 6.45) is 3.31. The molecule has 1 fully saturated rings. The van der Waals surface area contributed by atoms with Crippen LogP contribution in [0.5, 0.6) is 0 Å². The molecule has 1 saturated carbocycles. The van der Waals surface area contributed by atoms with Gasteiger partial charge in [-0.05, 0) is 53.2 Å². The molecule has 0 aliphatic heterocycles. The second kappa shape index (κ2) is 7.04. The van der Waals surface area contributed by atoms with Crippen molar-refractivity contribution in [3.63, 3.8) is 0 Å². The van der Waals surface area contributed by atoms with Crippen molar-refractivity contribution in [1.29, 1.82) is 0 Å². The van der Waals surface area contributed by atoms with Crippen LogP contribution in [0, 0.1) is 11.7 Å². The van der Waals surface area contributed by atoms with Gasteiger partial charge in [0, 0.05) is 24.2 Å². The maximum atomic E-state index is 13.2. The second-order valence-electron chi connectivity index (χ2n) is 4.98. The Bertz CT molecular complexity index is 492. The summed E-state index contributed by atoms with van der Waals surface area (Å²) < 4.78 is 19.0. The van der Waals surface area contributed by atoms with Crippen molar-refractivity contribution < 1.29 is 13.9 Å². The first-order valence-corrected chi connectivity index (χ1v) is 7.47. The lowest BCUT2D eigenvalue weighted by molar-refractivity contribution is 0.0936. The lowest BCUT2D eigenvalue weighted by Gasteiger charge is -2.08. The second-order valence-corrected chi connectivity index (χ2v) is 5.84. The Hall–Kier alpha value is -1.14. The molecule has 1 aromatic carbocycles. The number of anilines is 1. The number of hydrogen-bond acceptors (Lipinski definition) is 3. The van der Waals surface area contributed by atoms with Gasteiger partial charge in [-0.15, -0.1) is 0 Å². The predicted octanol–water partition coefficient (Wildman–Crippen LogP) is 2.72. The third-order valence-corrected chi connectivity index (χ3v) is 3.79. The Kier molecular flexibility index (Phi) is 5.37. The van der Waals surface area contributed by atoms with Gasteiger partial charge in [-0.3, -0.25) is 4.79 Å². The van der Waals surface area contributed by atoms with Crippen LogP contribution in [0.2, 0.25) is 0 Å². The molecule has 1 amide bonds. The molecule has 1 aromatic rings. The molecule has 0 aromatic heterocycles. The molecule has 0 spiro atoms. The lowest BCUT2D eigenvalue weighted by atomic mass is 10.2. The van der Waals surface area contributed by atoms with Gasteiger partial charge in [-0.25, -0.2) is 4.39 Å². The Morgan fingerprint density at radius 3 is 2.95 bits per heavy atom. The molecule has 110 valence electrons. The van der Waals surface area contributed by atoms with Crippen LogP contribution < -0.4 is 11.1 Å². The van der Waals surface area contributed by atoms with E-state index in [9.17, 15) is 9.18 Å². The van der Waals surface area contributed by atoms with E-state index in [0.717, 1.165) is 18.9 Å². The SMILES string of the molecule is Nc1cc(C(=O)NCCCOCC2CC2)c(Br)cc1F. The molecule has 0 saturated heterocycles. The van der Waals surface area contributed by atoms with Crippen LogP contribution >= 0.6 is 15.9 Å². The summed E-state index contributed by atoms with van der Waals surface area (Å²) >= 11 is 3.16. The normalized spacial score (nSPS) is 14.3. The van der Waals surface area contributed by atoms with Gasteiger partial charge in [0.1, 0.15) is 5.82 Å². The minimum absolute atomic E-state index is 0.0360. The summed E-state index contributed by atoms with van der Waals surface area (Å²) in [7, 11) is 0. The average Bonchev–Trinajstić information content (AvgIpc) is 3.21. The van der Waals surface area contributed by atoms with Crippen molar-refractivity contribution >= 4 is 27.5 Å². The highest BCUT2D eigenvalue weighted by molar-refractivity contribution is 9.10. The van der Waals surface area contributed by atoms with Crippen LogP contribution in [0.1, 0.15) is 29.6 Å². The fourth-order valence-electron chi connectivity index (χ4n) is 1.75. The van der Waals surface area contributed by atoms with Gasteiger partial charge >= 0.3 is 0 Å². The van der Waals surface area contributed by atoms with Gasteiger partial charge in [0.25, 0.3) is 5.91 Å². The zero-order chi connectivity index (χ0) is 14.5. The highest BCUT2D eigenvalue weighted by Crippen LogP contribution is 2.28. The standard InChI is InChI=1S/C14H18BrFN2O2/c15-11-7-12(16)13(17)6-10(11)14(19)18-4-1-5-20-8-9-2-3-9/h6-7,9H,1-5,8,17H2,(H,18,19). The molecule has 0 atom stereocenters. The van der Waals surface area contributed by atoms with Crippen molar-refractivity contribution in [3.05, 3.63) is 28.0 Å². The fourth-order valence-corrected chi connectivity index (χ4v) is 2.24. The number of nitrogens with two attached hydrogens (primary N) is 1. The van der Waals surface area contributed by atoms with Crippen molar-refractivity contribution in [3.8, 4) is 0 Å². The number of rotatable bonds is 7. The van der Waals surface area contributed by atoms with Gasteiger partial charge in [0.15, 0.2) is 0 Å². The molecular formula is C14H18BrFN2O2. The Morgan fingerprint density at radius 2 is 2.25 bits per heavy atom. The van der Waals surface area contributed by atoms with Crippen molar-refractivity contribution in [2.24, 2.45) is 5.92 Å². The maximum Gasteiger partial charge on any atom is 0.252 e. The van der Waals surface area contributed by atoms with Gasteiger partial charge < -0.3 is 15.8 Å². The topological polar surface area (TPSA) is 64.4 Å². The van der Waals surface area contributed by atoms with Crippen molar-refractivity contribution in [1.82, 2.24) is 5.32 Å². The number of amides is 1. The summed E-state index contributed by atoms with van der Waals surface area (Å²) in [5, 5.41) is 2.76. The molecule has 1 aliphatic carbocycles. The van der Waals surface area contributed by atoms with Gasteiger partial charge in [0.2, 0.25) is 0 Å². The quantitative estimate of drug-likeness (QED) is 0.590. The Morgan fingerprint density at radius 1 is 1.50 bits per heavy atom. The smallest absolute Gasteiger partial charge is 0.252 e. The van der Waals surface area contributed by atoms with Gasteiger partial charge in [-0.2, -0.15) is 0 Å². The molecule has 0 radical (unpaired) electrons. The number of benzene rings is 1. The van der Waals surface area contributed by atoms with Crippen molar-refractivity contribution in [2.45, 2.75) is 19.3 Å². The zero-order valence-electron chi connectivity index (χ0n) is 11.1. The summed E-state index contributed by atoms with van der Waals surface area (Å²) in [6, 6.07) is 2.53. The largest absolute Gasteiger partial charge is 0.396 e. The zero-order valence-corrected chi connectivity index (χ0v) is 12.7. The summed E-state index contributed by atoms with van der Waals surface area (Å²) in [4.78, 5) is 11.9. The van der Waals surface area contributed by atoms with Crippen LogP contribution in [0.25, 0.3) is 0 Å². The lowest BCUT2D eigenvalue weighted by Crippen LogP contribution is -2.26. The number of nitrogens with one attached hydrogen (secondary N) is 1. The number of ether oxygens (including phenoxy) is 1. The third-order valence-electron chi connectivity index (χ3n) is 3.13. The minimum atomic E-state index is -0.540. The Balaban J connectivity index is 1.72. The number of hydrogen-bond donors (Lipinski definition) is 2. The van der Waals surface area contributed by atoms with E-state index in [1.807, 2.05) is 0 Å². The molecule has 4 nitrogen and oxygen atoms in total. The molecule has 20 heavy (non-hydrogen) atoms. The molecule has 0 bridgehead atoms.